The van der Waals surface area contributed by atoms with Gasteiger partial charge in [-0.1, -0.05) is 79.4 Å². The van der Waals surface area contributed by atoms with E-state index >= 15 is 0 Å². The average Bonchev–Trinajstić information content (AvgIpc) is 3.45. The van der Waals surface area contributed by atoms with Crippen molar-refractivity contribution in [3.05, 3.63) is 107 Å². The van der Waals surface area contributed by atoms with Gasteiger partial charge in [0, 0.05) is 48.7 Å². The fourth-order valence-corrected chi connectivity index (χ4v) is 5.95. The first kappa shape index (κ1) is 28.9. The molecule has 1 heterocycles. The fraction of sp³-hybridized carbons (Fsp3) is 0.353. The Morgan fingerprint density at radius 1 is 0.927 bits per heavy atom. The van der Waals surface area contributed by atoms with Crippen LogP contribution in [0.2, 0.25) is 5.02 Å². The number of benzene rings is 3. The van der Waals surface area contributed by atoms with E-state index in [-0.39, 0.29) is 24.4 Å². The average molecular weight is 572 g/mol. The molecular weight excluding hydrogens is 534 g/mol. The molecule has 0 saturated heterocycles. The molecule has 0 unspecified atom stereocenters. The number of carbonyl (C=O) groups excluding carboxylic acids is 2. The second-order valence-electron chi connectivity index (χ2n) is 10.8. The third kappa shape index (κ3) is 7.19. The smallest absolute Gasteiger partial charge is 0.254 e. The highest BCUT2D eigenvalue weighted by molar-refractivity contribution is 6.31. The number of fused-ring (bicyclic) bond motifs is 1. The molecular formula is C34H38ClN3O3. The molecule has 1 aliphatic rings. The number of nitrogens with zero attached hydrogens (tertiary/aromatic N) is 3. The number of halogens is 1. The number of amides is 2. The lowest BCUT2D eigenvalue weighted by Crippen LogP contribution is -2.48. The van der Waals surface area contributed by atoms with Crippen molar-refractivity contribution in [2.75, 3.05) is 26.8 Å². The molecule has 1 aliphatic carbocycles. The van der Waals surface area contributed by atoms with Crippen molar-refractivity contribution in [1.29, 1.82) is 0 Å². The molecule has 41 heavy (non-hydrogen) atoms. The lowest BCUT2D eigenvalue weighted by molar-refractivity contribution is -0.135. The van der Waals surface area contributed by atoms with Crippen molar-refractivity contribution in [2.24, 2.45) is 0 Å². The molecule has 7 heteroatoms. The number of rotatable bonds is 11. The molecule has 0 radical (unpaired) electrons. The molecule has 0 bridgehead atoms. The third-order valence-corrected chi connectivity index (χ3v) is 8.43. The Labute approximate surface area is 247 Å². The van der Waals surface area contributed by atoms with Crippen molar-refractivity contribution >= 4 is 34.2 Å². The summed E-state index contributed by atoms with van der Waals surface area (Å²) in [6, 6.07) is 25.8. The van der Waals surface area contributed by atoms with E-state index < -0.39 is 0 Å². The summed E-state index contributed by atoms with van der Waals surface area (Å²) >= 11 is 6.46. The molecule has 214 valence electrons. The number of ether oxygens (including phenoxy) is 1. The highest BCUT2D eigenvalue weighted by Crippen LogP contribution is 2.26. The predicted molar refractivity (Wildman–Crippen MR) is 164 cm³/mol. The van der Waals surface area contributed by atoms with Crippen LogP contribution in [0, 0.1) is 0 Å². The van der Waals surface area contributed by atoms with Crippen LogP contribution in [-0.2, 0) is 22.6 Å². The summed E-state index contributed by atoms with van der Waals surface area (Å²) < 4.78 is 7.48. The Kier molecular flexibility index (Phi) is 9.75. The highest BCUT2D eigenvalue weighted by atomic mass is 35.5. The van der Waals surface area contributed by atoms with Gasteiger partial charge in [-0.2, -0.15) is 0 Å². The maximum atomic E-state index is 14.1. The summed E-state index contributed by atoms with van der Waals surface area (Å²) in [7, 11) is 1.61. The van der Waals surface area contributed by atoms with Gasteiger partial charge in [0.25, 0.3) is 5.91 Å². The number of carbonyl (C=O) groups is 2. The van der Waals surface area contributed by atoms with E-state index in [1.165, 1.54) is 6.42 Å². The Bertz CT molecular complexity index is 1480. The quantitative estimate of drug-likeness (QED) is 0.199. The van der Waals surface area contributed by atoms with E-state index in [1.54, 1.807) is 12.0 Å². The number of aromatic nitrogens is 1. The molecule has 3 aromatic carbocycles. The molecule has 0 spiro atoms. The SMILES string of the molecule is COCCN(CC(=O)N(Cc1cccn1Cc1ccccc1Cl)C1CCCCC1)C(=O)c1ccc2ccccc2c1. The first-order chi connectivity index (χ1) is 20.0. The number of methoxy groups -OCH3 is 1. The summed E-state index contributed by atoms with van der Waals surface area (Å²) in [4.78, 5) is 31.4. The summed E-state index contributed by atoms with van der Waals surface area (Å²) in [5, 5.41) is 2.81. The maximum Gasteiger partial charge on any atom is 0.254 e. The molecule has 1 saturated carbocycles. The standard InChI is InChI=1S/C34H38ClN3O3/c1-41-21-20-37(34(40)28-18-17-26-10-5-6-11-27(26)22-28)25-33(39)38(30-13-3-2-4-14-30)24-31-15-9-19-36(31)23-29-12-7-8-16-32(29)35/h5-12,15-19,22,30H,2-4,13-14,20-21,23-25H2,1H3. The van der Waals surface area contributed by atoms with Crippen LogP contribution in [-0.4, -0.2) is 59.0 Å². The van der Waals surface area contributed by atoms with Gasteiger partial charge < -0.3 is 19.1 Å². The van der Waals surface area contributed by atoms with Crippen molar-refractivity contribution in [1.82, 2.24) is 14.4 Å². The van der Waals surface area contributed by atoms with Crippen molar-refractivity contribution in [3.8, 4) is 0 Å². The molecule has 0 aliphatic heterocycles. The van der Waals surface area contributed by atoms with E-state index in [0.29, 0.717) is 31.8 Å². The number of hydrogen-bond acceptors (Lipinski definition) is 3. The van der Waals surface area contributed by atoms with Crippen LogP contribution in [0.5, 0.6) is 0 Å². The van der Waals surface area contributed by atoms with Crippen LogP contribution < -0.4 is 0 Å². The molecule has 2 amide bonds. The van der Waals surface area contributed by atoms with Gasteiger partial charge in [0.1, 0.15) is 6.54 Å². The Balaban J connectivity index is 1.37. The van der Waals surface area contributed by atoms with Crippen LogP contribution in [0.3, 0.4) is 0 Å². The normalized spacial score (nSPS) is 13.8. The van der Waals surface area contributed by atoms with Gasteiger partial charge in [-0.3, -0.25) is 9.59 Å². The highest BCUT2D eigenvalue weighted by Gasteiger charge is 2.29. The zero-order valence-corrected chi connectivity index (χ0v) is 24.4. The molecule has 1 fully saturated rings. The van der Waals surface area contributed by atoms with Crippen LogP contribution in [0.4, 0.5) is 0 Å². The van der Waals surface area contributed by atoms with Crippen LogP contribution in [0.25, 0.3) is 10.8 Å². The van der Waals surface area contributed by atoms with Crippen LogP contribution >= 0.6 is 11.6 Å². The lowest BCUT2D eigenvalue weighted by Gasteiger charge is -2.36. The zero-order valence-electron chi connectivity index (χ0n) is 23.7. The molecule has 1 aromatic heterocycles. The molecule has 5 rings (SSSR count). The minimum Gasteiger partial charge on any atom is -0.383 e. The lowest BCUT2D eigenvalue weighted by atomic mass is 9.94. The minimum absolute atomic E-state index is 0.0107. The van der Waals surface area contributed by atoms with Gasteiger partial charge in [-0.05, 0) is 59.5 Å². The Hall–Kier alpha value is -3.61. The van der Waals surface area contributed by atoms with Crippen LogP contribution in [0.15, 0.2) is 85.1 Å². The summed E-state index contributed by atoms with van der Waals surface area (Å²) in [6.45, 7) is 1.83. The summed E-state index contributed by atoms with van der Waals surface area (Å²) in [5.41, 5.74) is 2.66. The molecule has 4 aromatic rings. The van der Waals surface area contributed by atoms with Gasteiger partial charge >= 0.3 is 0 Å². The van der Waals surface area contributed by atoms with E-state index in [2.05, 4.69) is 10.6 Å². The van der Waals surface area contributed by atoms with Gasteiger partial charge in [0.05, 0.1) is 13.2 Å². The molecule has 0 atom stereocenters. The van der Waals surface area contributed by atoms with Gasteiger partial charge in [0.15, 0.2) is 0 Å². The van der Waals surface area contributed by atoms with E-state index in [0.717, 1.165) is 52.7 Å². The second kappa shape index (κ2) is 13.8. The van der Waals surface area contributed by atoms with E-state index in [9.17, 15) is 9.59 Å². The second-order valence-corrected chi connectivity index (χ2v) is 11.2. The first-order valence-corrected chi connectivity index (χ1v) is 14.8. The van der Waals surface area contributed by atoms with Gasteiger partial charge in [0.2, 0.25) is 5.91 Å². The summed E-state index contributed by atoms with van der Waals surface area (Å²) in [6.07, 6.45) is 7.41. The Morgan fingerprint density at radius 3 is 2.46 bits per heavy atom. The summed E-state index contributed by atoms with van der Waals surface area (Å²) in [5.74, 6) is -0.195. The van der Waals surface area contributed by atoms with E-state index in [1.807, 2.05) is 83.9 Å². The minimum atomic E-state index is -0.160. The fourth-order valence-electron chi connectivity index (χ4n) is 5.76. The first-order valence-electron chi connectivity index (χ1n) is 14.5. The monoisotopic (exact) mass is 571 g/mol. The van der Waals surface area contributed by atoms with Gasteiger partial charge in [-0.15, -0.1) is 0 Å². The zero-order chi connectivity index (χ0) is 28.6. The van der Waals surface area contributed by atoms with Crippen molar-refractivity contribution in [3.63, 3.8) is 0 Å². The largest absolute Gasteiger partial charge is 0.383 e. The topological polar surface area (TPSA) is 54.8 Å². The molecule has 6 nitrogen and oxygen atoms in total. The number of hydrogen-bond donors (Lipinski definition) is 0. The maximum absolute atomic E-state index is 14.1. The van der Waals surface area contributed by atoms with Crippen molar-refractivity contribution in [2.45, 2.75) is 51.2 Å². The van der Waals surface area contributed by atoms with Gasteiger partial charge in [-0.25, -0.2) is 0 Å². The van der Waals surface area contributed by atoms with Crippen LogP contribution in [0.1, 0.15) is 53.7 Å². The third-order valence-electron chi connectivity index (χ3n) is 8.07. The predicted octanol–water partition coefficient (Wildman–Crippen LogP) is 6.79. The Morgan fingerprint density at radius 2 is 1.68 bits per heavy atom. The van der Waals surface area contributed by atoms with E-state index in [4.69, 9.17) is 16.3 Å². The van der Waals surface area contributed by atoms with Crippen molar-refractivity contribution < 1.29 is 14.3 Å². The molecule has 0 N–H and O–H groups in total.